The molecular formula is C16H16Br2O3. The molecule has 0 aliphatic carbocycles. The zero-order chi connectivity index (χ0) is 15.1. The summed E-state index contributed by atoms with van der Waals surface area (Å²) in [5, 5.41) is 0.735. The average molecular weight is 416 g/mol. The van der Waals surface area contributed by atoms with Gasteiger partial charge in [-0.3, -0.25) is 0 Å². The molecular weight excluding hydrogens is 400 g/mol. The normalized spacial score (nSPS) is 10.2. The highest BCUT2D eigenvalue weighted by atomic mass is 79.9. The third-order valence-corrected chi connectivity index (χ3v) is 3.92. The number of halogens is 2. The molecule has 5 heteroatoms. The molecule has 3 nitrogen and oxygen atoms in total. The Morgan fingerprint density at radius 1 is 0.952 bits per heavy atom. The van der Waals surface area contributed by atoms with Crippen molar-refractivity contribution in [2.24, 2.45) is 0 Å². The van der Waals surface area contributed by atoms with E-state index < -0.39 is 0 Å². The first-order valence-corrected chi connectivity index (χ1v) is 8.38. The number of hydrogen-bond donors (Lipinski definition) is 0. The summed E-state index contributed by atoms with van der Waals surface area (Å²) < 4.78 is 17.6. The topological polar surface area (TPSA) is 27.7 Å². The summed E-state index contributed by atoms with van der Waals surface area (Å²) in [5.41, 5.74) is 1.08. The van der Waals surface area contributed by atoms with Gasteiger partial charge in [-0.2, -0.15) is 0 Å². The predicted octanol–water partition coefficient (Wildman–Crippen LogP) is 4.81. The van der Waals surface area contributed by atoms with Gasteiger partial charge in [0.05, 0.1) is 7.11 Å². The van der Waals surface area contributed by atoms with Crippen LogP contribution in [0.5, 0.6) is 17.2 Å². The van der Waals surface area contributed by atoms with E-state index in [0.717, 1.165) is 32.6 Å². The first kappa shape index (κ1) is 16.2. The van der Waals surface area contributed by atoms with E-state index in [4.69, 9.17) is 14.2 Å². The number of alkyl halides is 1. The lowest BCUT2D eigenvalue weighted by Crippen LogP contribution is -2.10. The zero-order valence-electron chi connectivity index (χ0n) is 11.6. The fourth-order valence-corrected chi connectivity index (χ4v) is 2.62. The van der Waals surface area contributed by atoms with Crippen LogP contribution < -0.4 is 14.2 Å². The molecule has 0 saturated heterocycles. The van der Waals surface area contributed by atoms with E-state index in [0.29, 0.717) is 13.2 Å². The summed E-state index contributed by atoms with van der Waals surface area (Å²) in [7, 11) is 1.64. The largest absolute Gasteiger partial charge is 0.497 e. The van der Waals surface area contributed by atoms with Crippen molar-refractivity contribution in [2.45, 2.75) is 5.33 Å². The van der Waals surface area contributed by atoms with E-state index in [1.165, 1.54) is 0 Å². The Labute approximate surface area is 141 Å². The van der Waals surface area contributed by atoms with Gasteiger partial charge in [0.2, 0.25) is 0 Å². The molecule has 21 heavy (non-hydrogen) atoms. The molecule has 0 bridgehead atoms. The van der Waals surface area contributed by atoms with E-state index >= 15 is 0 Å². The second-order valence-electron chi connectivity index (χ2n) is 4.26. The van der Waals surface area contributed by atoms with Gasteiger partial charge in [-0.25, -0.2) is 0 Å². The molecule has 112 valence electrons. The molecule has 0 aliphatic heterocycles. The van der Waals surface area contributed by atoms with E-state index in [2.05, 4.69) is 31.9 Å². The highest BCUT2D eigenvalue weighted by Crippen LogP contribution is 2.26. The smallest absolute Gasteiger partial charge is 0.127 e. The molecule has 2 rings (SSSR count). The third kappa shape index (κ3) is 4.93. The highest BCUT2D eigenvalue weighted by molar-refractivity contribution is 9.10. The van der Waals surface area contributed by atoms with Crippen molar-refractivity contribution >= 4 is 31.9 Å². The van der Waals surface area contributed by atoms with Crippen molar-refractivity contribution in [2.75, 3.05) is 20.3 Å². The van der Waals surface area contributed by atoms with Gasteiger partial charge in [0.15, 0.2) is 0 Å². The maximum Gasteiger partial charge on any atom is 0.127 e. The molecule has 2 aromatic rings. The van der Waals surface area contributed by atoms with Crippen LogP contribution in [0, 0.1) is 0 Å². The zero-order valence-corrected chi connectivity index (χ0v) is 14.8. The maximum atomic E-state index is 5.78. The Morgan fingerprint density at radius 2 is 1.76 bits per heavy atom. The molecule has 0 spiro atoms. The molecule has 0 fully saturated rings. The fourth-order valence-electron chi connectivity index (χ4n) is 1.77. The Hall–Kier alpha value is -1.20. The number of benzene rings is 2. The van der Waals surface area contributed by atoms with E-state index in [-0.39, 0.29) is 0 Å². The number of rotatable bonds is 7. The predicted molar refractivity (Wildman–Crippen MR) is 90.8 cm³/mol. The minimum Gasteiger partial charge on any atom is -0.497 e. The molecule has 0 amide bonds. The van der Waals surface area contributed by atoms with Crippen molar-refractivity contribution < 1.29 is 14.2 Å². The maximum absolute atomic E-state index is 5.78. The van der Waals surface area contributed by atoms with Crippen molar-refractivity contribution in [1.29, 1.82) is 0 Å². The quantitative estimate of drug-likeness (QED) is 0.479. The van der Waals surface area contributed by atoms with Crippen molar-refractivity contribution in [3.8, 4) is 17.2 Å². The van der Waals surface area contributed by atoms with Gasteiger partial charge in [-0.15, -0.1) is 0 Å². The van der Waals surface area contributed by atoms with Crippen LogP contribution in [-0.4, -0.2) is 20.3 Å². The van der Waals surface area contributed by atoms with Gasteiger partial charge < -0.3 is 14.2 Å². The minimum absolute atomic E-state index is 0.472. The summed E-state index contributed by atoms with van der Waals surface area (Å²) in [6.07, 6.45) is 0. The summed E-state index contributed by atoms with van der Waals surface area (Å²) in [5.74, 6) is 2.41. The molecule has 0 N–H and O–H groups in total. The van der Waals surface area contributed by atoms with Crippen LogP contribution in [-0.2, 0) is 5.33 Å². The van der Waals surface area contributed by atoms with Gasteiger partial charge in [0.1, 0.15) is 30.5 Å². The van der Waals surface area contributed by atoms with Crippen LogP contribution in [0.2, 0.25) is 0 Å². The standard InChI is InChI=1S/C16H16Br2O3/c1-19-14-6-5-12(11-17)16(10-14)21-8-7-20-15-4-2-3-13(18)9-15/h2-6,9-10H,7-8,11H2,1H3. The molecule has 0 atom stereocenters. The van der Waals surface area contributed by atoms with Gasteiger partial charge in [0.25, 0.3) is 0 Å². The van der Waals surface area contributed by atoms with E-state index in [9.17, 15) is 0 Å². The van der Waals surface area contributed by atoms with Crippen molar-refractivity contribution in [1.82, 2.24) is 0 Å². The molecule has 0 saturated carbocycles. The minimum atomic E-state index is 0.472. The molecule has 0 radical (unpaired) electrons. The monoisotopic (exact) mass is 414 g/mol. The SMILES string of the molecule is COc1ccc(CBr)c(OCCOc2cccc(Br)c2)c1. The summed E-state index contributed by atoms with van der Waals surface area (Å²) >= 11 is 6.86. The highest BCUT2D eigenvalue weighted by Gasteiger charge is 2.05. The van der Waals surface area contributed by atoms with Crippen LogP contribution >= 0.6 is 31.9 Å². The van der Waals surface area contributed by atoms with Gasteiger partial charge in [-0.1, -0.05) is 44.0 Å². The Morgan fingerprint density at radius 3 is 2.48 bits per heavy atom. The molecule has 2 aromatic carbocycles. The molecule has 0 heterocycles. The third-order valence-electron chi connectivity index (χ3n) is 2.82. The first-order chi connectivity index (χ1) is 10.2. The van der Waals surface area contributed by atoms with E-state index in [1.807, 2.05) is 42.5 Å². The lowest BCUT2D eigenvalue weighted by Gasteiger charge is -2.12. The second-order valence-corrected chi connectivity index (χ2v) is 5.74. The van der Waals surface area contributed by atoms with Crippen molar-refractivity contribution in [3.05, 3.63) is 52.5 Å². The van der Waals surface area contributed by atoms with Gasteiger partial charge >= 0.3 is 0 Å². The number of methoxy groups -OCH3 is 1. The Balaban J connectivity index is 1.88. The molecule has 0 aromatic heterocycles. The van der Waals surface area contributed by atoms with E-state index in [1.54, 1.807) is 7.11 Å². The van der Waals surface area contributed by atoms with Crippen LogP contribution in [0.25, 0.3) is 0 Å². The fraction of sp³-hybridized carbons (Fsp3) is 0.250. The molecule has 0 aliphatic rings. The lowest BCUT2D eigenvalue weighted by molar-refractivity contribution is 0.215. The van der Waals surface area contributed by atoms with Crippen LogP contribution in [0.1, 0.15) is 5.56 Å². The van der Waals surface area contributed by atoms with Crippen LogP contribution in [0.4, 0.5) is 0 Å². The summed E-state index contributed by atoms with van der Waals surface area (Å²) in [4.78, 5) is 0. The van der Waals surface area contributed by atoms with Crippen LogP contribution in [0.3, 0.4) is 0 Å². The van der Waals surface area contributed by atoms with Crippen LogP contribution in [0.15, 0.2) is 46.9 Å². The summed E-state index contributed by atoms with van der Waals surface area (Å²) in [6, 6.07) is 13.5. The lowest BCUT2D eigenvalue weighted by atomic mass is 10.2. The van der Waals surface area contributed by atoms with Gasteiger partial charge in [0, 0.05) is 21.4 Å². The average Bonchev–Trinajstić information content (AvgIpc) is 2.51. The number of hydrogen-bond acceptors (Lipinski definition) is 3. The summed E-state index contributed by atoms with van der Waals surface area (Å²) in [6.45, 7) is 0.953. The van der Waals surface area contributed by atoms with Crippen molar-refractivity contribution in [3.63, 3.8) is 0 Å². The Kier molecular flexibility index (Phi) is 6.39. The molecule has 0 unspecified atom stereocenters. The number of ether oxygens (including phenoxy) is 3. The Bertz CT molecular complexity index is 587. The van der Waals surface area contributed by atoms with Gasteiger partial charge in [-0.05, 0) is 24.3 Å². The first-order valence-electron chi connectivity index (χ1n) is 6.47. The second kappa shape index (κ2) is 8.29.